The maximum Gasteiger partial charge on any atom is 0.317 e. The van der Waals surface area contributed by atoms with Crippen molar-refractivity contribution in [3.05, 3.63) is 33.8 Å². The first-order valence-corrected chi connectivity index (χ1v) is 6.58. The minimum atomic E-state index is -0.830. The van der Waals surface area contributed by atoms with Crippen LogP contribution in [0.15, 0.2) is 18.2 Å². The lowest BCUT2D eigenvalue weighted by Crippen LogP contribution is -2.36. The molecule has 100 valence electrons. The van der Waals surface area contributed by atoms with E-state index in [1.165, 1.54) is 0 Å². The van der Waals surface area contributed by atoms with Gasteiger partial charge in [-0.1, -0.05) is 30.1 Å². The molecule has 0 aliphatic carbocycles. The van der Waals surface area contributed by atoms with Crippen molar-refractivity contribution in [3.8, 4) is 0 Å². The molecule has 1 atom stereocenters. The molecule has 0 aliphatic rings. The van der Waals surface area contributed by atoms with E-state index in [9.17, 15) is 4.79 Å². The first-order valence-electron chi connectivity index (χ1n) is 5.83. The quantitative estimate of drug-likeness (QED) is 0.868. The van der Waals surface area contributed by atoms with Crippen molar-refractivity contribution < 1.29 is 9.90 Å². The van der Waals surface area contributed by atoms with Crippen molar-refractivity contribution >= 4 is 29.2 Å². The molecule has 0 spiro atoms. The van der Waals surface area contributed by atoms with Crippen molar-refractivity contribution in [3.63, 3.8) is 0 Å². The van der Waals surface area contributed by atoms with Crippen molar-refractivity contribution in [2.24, 2.45) is 0 Å². The molecule has 0 fully saturated rings. The van der Waals surface area contributed by atoms with Gasteiger partial charge < -0.3 is 5.11 Å². The van der Waals surface area contributed by atoms with E-state index in [-0.39, 0.29) is 12.6 Å². The van der Waals surface area contributed by atoms with E-state index in [2.05, 4.69) is 0 Å². The molecule has 0 radical (unpaired) electrons. The van der Waals surface area contributed by atoms with Crippen LogP contribution in [-0.2, 0) is 11.3 Å². The highest BCUT2D eigenvalue weighted by molar-refractivity contribution is 6.34. The van der Waals surface area contributed by atoms with E-state index in [4.69, 9.17) is 28.3 Å². The molecule has 0 saturated heterocycles. The predicted molar refractivity (Wildman–Crippen MR) is 74.3 cm³/mol. The van der Waals surface area contributed by atoms with Gasteiger partial charge in [0.2, 0.25) is 0 Å². The zero-order chi connectivity index (χ0) is 13.7. The number of carbonyl (C=O) groups is 1. The van der Waals surface area contributed by atoms with Crippen molar-refractivity contribution in [2.75, 3.05) is 6.54 Å². The summed E-state index contributed by atoms with van der Waals surface area (Å²) >= 11 is 11.9. The molecule has 0 aliphatic heterocycles. The number of hydrogen-bond acceptors (Lipinski definition) is 2. The molecule has 18 heavy (non-hydrogen) atoms. The van der Waals surface area contributed by atoms with E-state index in [0.29, 0.717) is 16.6 Å². The zero-order valence-electron chi connectivity index (χ0n) is 10.5. The smallest absolute Gasteiger partial charge is 0.317 e. The lowest BCUT2D eigenvalue weighted by Gasteiger charge is -2.26. The van der Waals surface area contributed by atoms with E-state index >= 15 is 0 Å². The summed E-state index contributed by atoms with van der Waals surface area (Å²) in [7, 11) is 0. The number of nitrogens with zero attached hydrogens (tertiary/aromatic N) is 1. The predicted octanol–water partition coefficient (Wildman–Crippen LogP) is 3.68. The molecule has 1 rings (SSSR count). The summed E-state index contributed by atoms with van der Waals surface area (Å²) in [5.74, 6) is -0.830. The van der Waals surface area contributed by atoms with Crippen LogP contribution in [0.25, 0.3) is 0 Å². The van der Waals surface area contributed by atoms with Crippen LogP contribution in [0.5, 0.6) is 0 Å². The molecular weight excluding hydrogens is 273 g/mol. The number of aliphatic carboxylic acids is 1. The van der Waals surface area contributed by atoms with E-state index < -0.39 is 5.97 Å². The van der Waals surface area contributed by atoms with Gasteiger partial charge in [0.25, 0.3) is 0 Å². The van der Waals surface area contributed by atoms with Crippen LogP contribution in [0, 0.1) is 0 Å². The standard InChI is InChI=1S/C13H17Cl2NO2/c1-3-9(2)16(8-13(17)18)7-10-4-11(14)6-12(15)5-10/h4-6,9H,3,7-8H2,1-2H3,(H,17,18). The highest BCUT2D eigenvalue weighted by atomic mass is 35.5. The highest BCUT2D eigenvalue weighted by Crippen LogP contribution is 2.21. The lowest BCUT2D eigenvalue weighted by atomic mass is 10.1. The number of benzene rings is 1. The first kappa shape index (κ1) is 15.3. The van der Waals surface area contributed by atoms with Crippen LogP contribution >= 0.6 is 23.2 Å². The maximum atomic E-state index is 10.9. The van der Waals surface area contributed by atoms with Gasteiger partial charge in [0.15, 0.2) is 0 Å². The van der Waals surface area contributed by atoms with Crippen LogP contribution in [-0.4, -0.2) is 28.6 Å². The van der Waals surface area contributed by atoms with Crippen LogP contribution in [0.2, 0.25) is 10.0 Å². The Kier molecular flexibility index (Phi) is 5.93. The Morgan fingerprint density at radius 3 is 2.33 bits per heavy atom. The highest BCUT2D eigenvalue weighted by Gasteiger charge is 2.16. The molecule has 0 amide bonds. The second kappa shape index (κ2) is 6.98. The van der Waals surface area contributed by atoms with Crippen LogP contribution in [0.1, 0.15) is 25.8 Å². The molecule has 5 heteroatoms. The average Bonchev–Trinajstić information content (AvgIpc) is 2.25. The summed E-state index contributed by atoms with van der Waals surface area (Å²) in [6.45, 7) is 4.58. The van der Waals surface area contributed by atoms with Gasteiger partial charge in [0.1, 0.15) is 0 Å². The lowest BCUT2D eigenvalue weighted by molar-refractivity contribution is -0.139. The second-order valence-electron chi connectivity index (χ2n) is 4.33. The summed E-state index contributed by atoms with van der Waals surface area (Å²) < 4.78 is 0. The molecule has 3 nitrogen and oxygen atoms in total. The molecule has 0 saturated carbocycles. The average molecular weight is 290 g/mol. The zero-order valence-corrected chi connectivity index (χ0v) is 12.0. The monoisotopic (exact) mass is 289 g/mol. The fourth-order valence-electron chi connectivity index (χ4n) is 1.74. The van der Waals surface area contributed by atoms with Gasteiger partial charge in [-0.05, 0) is 37.1 Å². The third-order valence-electron chi connectivity index (χ3n) is 2.86. The SMILES string of the molecule is CCC(C)N(CC(=O)O)Cc1cc(Cl)cc(Cl)c1. The third-order valence-corrected chi connectivity index (χ3v) is 3.30. The van der Waals surface area contributed by atoms with Crippen molar-refractivity contribution in [1.29, 1.82) is 0 Å². The Morgan fingerprint density at radius 1 is 1.33 bits per heavy atom. The molecule has 0 bridgehead atoms. The number of rotatable bonds is 6. The minimum Gasteiger partial charge on any atom is -0.480 e. The molecule has 1 N–H and O–H groups in total. The van der Waals surface area contributed by atoms with E-state index in [0.717, 1.165) is 12.0 Å². The van der Waals surface area contributed by atoms with Crippen molar-refractivity contribution in [1.82, 2.24) is 4.90 Å². The van der Waals surface area contributed by atoms with Crippen LogP contribution < -0.4 is 0 Å². The van der Waals surface area contributed by atoms with Gasteiger partial charge in [-0.3, -0.25) is 9.69 Å². The molecule has 1 unspecified atom stereocenters. The van der Waals surface area contributed by atoms with E-state index in [1.807, 2.05) is 30.9 Å². The summed E-state index contributed by atoms with van der Waals surface area (Å²) in [6.07, 6.45) is 0.890. The molecule has 1 aromatic rings. The molecular formula is C13H17Cl2NO2. The van der Waals surface area contributed by atoms with Crippen LogP contribution in [0.4, 0.5) is 0 Å². The first-order chi connectivity index (χ1) is 8.42. The van der Waals surface area contributed by atoms with Gasteiger partial charge in [0, 0.05) is 22.6 Å². The van der Waals surface area contributed by atoms with Gasteiger partial charge in [-0.25, -0.2) is 0 Å². The second-order valence-corrected chi connectivity index (χ2v) is 5.21. The Bertz CT molecular complexity index is 403. The Labute approximate surface area is 117 Å². The van der Waals surface area contributed by atoms with E-state index in [1.54, 1.807) is 6.07 Å². The number of carboxylic acid groups (broad SMARTS) is 1. The van der Waals surface area contributed by atoms with Crippen LogP contribution in [0.3, 0.4) is 0 Å². The number of hydrogen-bond donors (Lipinski definition) is 1. The summed E-state index contributed by atoms with van der Waals surface area (Å²) in [5.41, 5.74) is 0.925. The summed E-state index contributed by atoms with van der Waals surface area (Å²) in [5, 5.41) is 10.1. The Balaban J connectivity index is 2.84. The molecule has 1 aromatic carbocycles. The van der Waals surface area contributed by atoms with Gasteiger partial charge in [0.05, 0.1) is 6.54 Å². The summed E-state index contributed by atoms with van der Waals surface area (Å²) in [6, 6.07) is 5.48. The number of carboxylic acids is 1. The topological polar surface area (TPSA) is 40.5 Å². The van der Waals surface area contributed by atoms with Gasteiger partial charge >= 0.3 is 5.97 Å². The fraction of sp³-hybridized carbons (Fsp3) is 0.462. The van der Waals surface area contributed by atoms with Gasteiger partial charge in [-0.2, -0.15) is 0 Å². The largest absolute Gasteiger partial charge is 0.480 e. The summed E-state index contributed by atoms with van der Waals surface area (Å²) in [4.78, 5) is 12.8. The fourth-order valence-corrected chi connectivity index (χ4v) is 2.31. The maximum absolute atomic E-state index is 10.9. The Hall–Kier alpha value is -0.770. The number of halogens is 2. The van der Waals surface area contributed by atoms with Crippen molar-refractivity contribution in [2.45, 2.75) is 32.9 Å². The Morgan fingerprint density at radius 2 is 1.89 bits per heavy atom. The third kappa shape index (κ3) is 4.84. The molecule has 0 heterocycles. The normalized spacial score (nSPS) is 12.7. The van der Waals surface area contributed by atoms with Gasteiger partial charge in [-0.15, -0.1) is 0 Å². The minimum absolute atomic E-state index is 0.0130. The molecule has 0 aromatic heterocycles.